The minimum absolute atomic E-state index is 0.750. The minimum Gasteiger partial charge on any atom is -0.371 e. The van der Waals surface area contributed by atoms with Crippen LogP contribution in [0.2, 0.25) is 0 Å². The number of rotatable bonds is 2. The highest BCUT2D eigenvalue weighted by Crippen LogP contribution is 2.35. The molecule has 0 aromatic carbocycles. The second-order valence-electron chi connectivity index (χ2n) is 2.32. The third-order valence-electron chi connectivity index (χ3n) is 0.747. The normalized spacial score (nSPS) is 9.56. The second-order valence-corrected chi connectivity index (χ2v) is 5.46. The van der Waals surface area contributed by atoms with Gasteiger partial charge in [-0.1, -0.05) is 61.5 Å². The Labute approximate surface area is 110 Å². The lowest BCUT2D eigenvalue weighted by atomic mass is 10.4. The first-order chi connectivity index (χ1) is 7.06. The fourth-order valence-electron chi connectivity index (χ4n) is 0.167. The molecule has 0 atom stereocenters. The molecule has 9 heteroatoms. The highest BCUT2D eigenvalue weighted by Gasteiger charge is 2.16. The van der Waals surface area contributed by atoms with Gasteiger partial charge in [0.2, 0.25) is 0 Å². The summed E-state index contributed by atoms with van der Waals surface area (Å²) in [5.41, 5.74) is 0. The van der Waals surface area contributed by atoms with Crippen molar-refractivity contribution >= 4 is 48.6 Å². The maximum atomic E-state index is 9.74. The van der Waals surface area contributed by atoms with Gasteiger partial charge in [-0.15, -0.1) is 0 Å². The number of unbranched alkanes of at least 4 members (excludes halogenated alkanes) is 1. The summed E-state index contributed by atoms with van der Waals surface area (Å²) in [5, 5.41) is 0. The molecular weight excluding hydrogens is 301 g/mol. The summed E-state index contributed by atoms with van der Waals surface area (Å²) in [6, 6.07) is 0. The molecule has 0 fully saturated rings. The number of hydrogen-bond acceptors (Lipinski definition) is 3. The van der Waals surface area contributed by atoms with Crippen molar-refractivity contribution < 1.29 is 23.7 Å². The van der Waals surface area contributed by atoms with Crippen LogP contribution < -0.4 is 0 Å². The smallest absolute Gasteiger partial charge is 0.371 e. The average Bonchev–Trinajstić information content (AvgIpc) is 1.99. The van der Waals surface area contributed by atoms with Crippen LogP contribution in [0.25, 0.3) is 0 Å². The van der Waals surface area contributed by atoms with Gasteiger partial charge in [-0.2, -0.15) is 0 Å². The predicted octanol–water partition coefficient (Wildman–Crippen LogP) is 3.44. The Kier molecular flexibility index (Phi) is 18.4. The molecular formula is C7H16Cl3O5P. The zero-order valence-electron chi connectivity index (χ0n) is 9.19. The van der Waals surface area contributed by atoms with Crippen LogP contribution in [-0.2, 0) is 13.9 Å². The summed E-state index contributed by atoms with van der Waals surface area (Å²) in [6.45, 7) is 5.28. The van der Waals surface area contributed by atoms with Crippen molar-refractivity contribution in [2.24, 2.45) is 0 Å². The SMILES string of the molecule is CC(=O)OP(=O)(O)O.CCCC.ClC(Cl)Cl. The third-order valence-corrected chi connectivity index (χ3v) is 1.24. The van der Waals surface area contributed by atoms with E-state index in [4.69, 9.17) is 44.6 Å². The van der Waals surface area contributed by atoms with Crippen molar-refractivity contribution in [3.63, 3.8) is 0 Å². The average molecular weight is 318 g/mol. The van der Waals surface area contributed by atoms with E-state index >= 15 is 0 Å². The van der Waals surface area contributed by atoms with Crippen LogP contribution in [-0.4, -0.2) is 20.1 Å². The summed E-state index contributed by atoms with van der Waals surface area (Å²) in [7, 11) is -4.57. The van der Waals surface area contributed by atoms with Crippen molar-refractivity contribution in [3.8, 4) is 0 Å². The minimum atomic E-state index is -4.57. The van der Waals surface area contributed by atoms with Gasteiger partial charge in [0.1, 0.15) is 0 Å². The van der Waals surface area contributed by atoms with Crippen LogP contribution in [0, 0.1) is 0 Å². The first kappa shape index (κ1) is 21.7. The lowest BCUT2D eigenvalue weighted by Crippen LogP contribution is -1.94. The molecule has 0 aromatic heterocycles. The van der Waals surface area contributed by atoms with Crippen LogP contribution in [0.4, 0.5) is 0 Å². The van der Waals surface area contributed by atoms with E-state index in [0.717, 1.165) is 6.92 Å². The van der Waals surface area contributed by atoms with E-state index in [1.807, 2.05) is 0 Å². The molecule has 0 rings (SSSR count). The standard InChI is InChI=1S/C4H10.C2H5O5P.CHCl3/c1-3-4-2;1-2(3)7-8(4,5)6;2-1(3)4/h3-4H2,1-2H3;1H3,(H2,4,5,6);1H. The highest BCUT2D eigenvalue weighted by atomic mass is 35.6. The Hall–Kier alpha value is 0.490. The van der Waals surface area contributed by atoms with Crippen LogP contribution >= 0.6 is 42.6 Å². The van der Waals surface area contributed by atoms with E-state index in [-0.39, 0.29) is 0 Å². The molecule has 0 saturated carbocycles. The van der Waals surface area contributed by atoms with E-state index in [9.17, 15) is 9.36 Å². The summed E-state index contributed by atoms with van der Waals surface area (Å²) >= 11 is 14.4. The maximum absolute atomic E-state index is 9.74. The van der Waals surface area contributed by atoms with Gasteiger partial charge in [0.25, 0.3) is 0 Å². The van der Waals surface area contributed by atoms with Gasteiger partial charge in [0, 0.05) is 6.92 Å². The summed E-state index contributed by atoms with van der Waals surface area (Å²) in [5.74, 6) is -0.988. The van der Waals surface area contributed by atoms with E-state index in [1.165, 1.54) is 12.8 Å². The van der Waals surface area contributed by atoms with Crippen molar-refractivity contribution in [2.45, 2.75) is 37.9 Å². The highest BCUT2D eigenvalue weighted by molar-refractivity contribution is 7.46. The Balaban J connectivity index is -0.000000179. The number of phosphoric acid groups is 1. The number of phosphoric ester groups is 1. The molecule has 0 aromatic rings. The quantitative estimate of drug-likeness (QED) is 0.602. The molecule has 5 nitrogen and oxygen atoms in total. The lowest BCUT2D eigenvalue weighted by Gasteiger charge is -1.98. The topological polar surface area (TPSA) is 83.8 Å². The van der Waals surface area contributed by atoms with Gasteiger partial charge >= 0.3 is 13.8 Å². The van der Waals surface area contributed by atoms with E-state index in [0.29, 0.717) is 0 Å². The summed E-state index contributed by atoms with van der Waals surface area (Å²) < 4.78 is 12.4. The van der Waals surface area contributed by atoms with Crippen molar-refractivity contribution in [1.82, 2.24) is 0 Å². The van der Waals surface area contributed by atoms with Gasteiger partial charge in [-0.3, -0.25) is 14.6 Å². The van der Waals surface area contributed by atoms with Gasteiger partial charge in [-0.05, 0) is 0 Å². The van der Waals surface area contributed by atoms with Crippen molar-refractivity contribution in [2.75, 3.05) is 0 Å². The second kappa shape index (κ2) is 13.6. The molecule has 0 heterocycles. The molecule has 16 heavy (non-hydrogen) atoms. The van der Waals surface area contributed by atoms with Crippen molar-refractivity contribution in [3.05, 3.63) is 0 Å². The Morgan fingerprint density at radius 1 is 1.25 bits per heavy atom. The fraction of sp³-hybridized carbons (Fsp3) is 0.857. The molecule has 0 saturated heterocycles. The van der Waals surface area contributed by atoms with E-state index in [1.54, 1.807) is 0 Å². The monoisotopic (exact) mass is 316 g/mol. The zero-order valence-corrected chi connectivity index (χ0v) is 12.4. The number of halogens is 3. The molecule has 0 radical (unpaired) electrons. The van der Waals surface area contributed by atoms with Crippen LogP contribution in [0.1, 0.15) is 33.6 Å². The Bertz CT molecular complexity index is 201. The molecule has 0 aliphatic heterocycles. The zero-order chi connectivity index (χ0) is 13.8. The van der Waals surface area contributed by atoms with E-state index in [2.05, 4.69) is 18.4 Å². The third kappa shape index (κ3) is 62.6. The van der Waals surface area contributed by atoms with E-state index < -0.39 is 18.1 Å². The van der Waals surface area contributed by atoms with Gasteiger partial charge in [0.15, 0.2) is 4.30 Å². The summed E-state index contributed by atoms with van der Waals surface area (Å²) in [6.07, 6.45) is 2.64. The van der Waals surface area contributed by atoms with Crippen LogP contribution in [0.3, 0.4) is 0 Å². The Morgan fingerprint density at radius 2 is 1.50 bits per heavy atom. The lowest BCUT2D eigenvalue weighted by molar-refractivity contribution is -0.133. The summed E-state index contributed by atoms with van der Waals surface area (Å²) in [4.78, 5) is 25.5. The predicted molar refractivity (Wildman–Crippen MR) is 65.7 cm³/mol. The first-order valence-electron chi connectivity index (χ1n) is 4.24. The molecule has 0 unspecified atom stereocenters. The molecule has 2 N–H and O–H groups in total. The number of carbonyl (C=O) groups excluding carboxylic acids is 1. The van der Waals surface area contributed by atoms with Crippen molar-refractivity contribution in [1.29, 1.82) is 0 Å². The molecule has 0 bridgehead atoms. The van der Waals surface area contributed by atoms with Gasteiger partial charge in [0.05, 0.1) is 0 Å². The Morgan fingerprint density at radius 3 is 1.50 bits per heavy atom. The largest absolute Gasteiger partial charge is 0.526 e. The molecule has 0 aliphatic carbocycles. The fourth-order valence-corrected chi connectivity index (χ4v) is 0.502. The van der Waals surface area contributed by atoms with Gasteiger partial charge < -0.3 is 4.52 Å². The molecule has 0 aliphatic rings. The number of hydrogen-bond donors (Lipinski definition) is 2. The molecule has 0 amide bonds. The molecule has 0 spiro atoms. The first-order valence-corrected chi connectivity index (χ1v) is 7.08. The number of carbonyl (C=O) groups is 1. The number of alkyl halides is 3. The van der Waals surface area contributed by atoms with Gasteiger partial charge in [-0.25, -0.2) is 4.57 Å². The van der Waals surface area contributed by atoms with Crippen LogP contribution in [0.15, 0.2) is 0 Å². The maximum Gasteiger partial charge on any atom is 0.526 e. The molecule has 100 valence electrons. The van der Waals surface area contributed by atoms with Crippen LogP contribution in [0.5, 0.6) is 0 Å².